The van der Waals surface area contributed by atoms with Gasteiger partial charge in [0, 0.05) is 4.88 Å². The second-order valence-corrected chi connectivity index (χ2v) is 9.53. The van der Waals surface area contributed by atoms with E-state index in [-0.39, 0.29) is 0 Å². The van der Waals surface area contributed by atoms with E-state index in [0.29, 0.717) is 0 Å². The van der Waals surface area contributed by atoms with Gasteiger partial charge in [-0.2, -0.15) is 9.61 Å². The largest absolute Gasteiger partial charge is 0.370 e. The number of thiophene rings is 1. The predicted octanol–water partition coefficient (Wildman–Crippen LogP) is 1.47. The molecule has 1 aliphatic heterocycles. The quantitative estimate of drug-likeness (QED) is 0.540. The predicted molar refractivity (Wildman–Crippen MR) is 104 cm³/mol. The van der Waals surface area contributed by atoms with Crippen molar-refractivity contribution in [2.75, 3.05) is 38.6 Å². The zero-order chi connectivity index (χ0) is 17.5. The summed E-state index contributed by atoms with van der Waals surface area (Å²) in [7, 11) is 0. The maximum Gasteiger partial charge on any atom is 0.192 e. The molecule has 1 aliphatic carbocycles. The first-order valence-corrected chi connectivity index (χ1v) is 11.3. The van der Waals surface area contributed by atoms with Gasteiger partial charge >= 0.3 is 0 Å². The van der Waals surface area contributed by atoms with Crippen LogP contribution in [-0.2, 0) is 17.6 Å². The second-order valence-electron chi connectivity index (χ2n) is 7.38. The number of aryl methyl sites for hydroxylation is 1. The van der Waals surface area contributed by atoms with Crippen molar-refractivity contribution >= 4 is 39.0 Å². The molecule has 26 heavy (non-hydrogen) atoms. The van der Waals surface area contributed by atoms with Crippen LogP contribution in [-0.4, -0.2) is 58.2 Å². The number of nitrogens with zero attached hydrogens (tertiary/aromatic N) is 4. The SMILES string of the molecule is C[C@@H]1CCc2sc3nc(SCC[NH+]4CCOCC4)n4ncnc4c3c2C1. The minimum Gasteiger partial charge on any atom is -0.370 e. The number of aromatic nitrogens is 4. The molecule has 0 unspecified atom stereocenters. The Morgan fingerprint density at radius 1 is 1.38 bits per heavy atom. The summed E-state index contributed by atoms with van der Waals surface area (Å²) in [6, 6.07) is 0. The van der Waals surface area contributed by atoms with Crippen LogP contribution >= 0.6 is 23.1 Å². The van der Waals surface area contributed by atoms with E-state index in [1.807, 2.05) is 15.9 Å². The molecule has 0 aromatic carbocycles. The highest BCUT2D eigenvalue weighted by atomic mass is 32.2. The third kappa shape index (κ3) is 3.02. The molecule has 1 atom stereocenters. The molecular formula is C18H24N5OS2+. The maximum absolute atomic E-state index is 5.45. The molecule has 0 amide bonds. The fraction of sp³-hybridized carbons (Fsp3) is 0.611. The van der Waals surface area contributed by atoms with Gasteiger partial charge in [-0.05, 0) is 30.7 Å². The molecule has 1 fully saturated rings. The van der Waals surface area contributed by atoms with Crippen LogP contribution in [0, 0.1) is 5.92 Å². The van der Waals surface area contributed by atoms with Crippen LogP contribution in [0.3, 0.4) is 0 Å². The van der Waals surface area contributed by atoms with E-state index in [9.17, 15) is 0 Å². The van der Waals surface area contributed by atoms with E-state index in [4.69, 9.17) is 9.72 Å². The number of thioether (sulfide) groups is 1. The number of morpholine rings is 1. The van der Waals surface area contributed by atoms with Gasteiger partial charge in [0.25, 0.3) is 0 Å². The molecule has 138 valence electrons. The van der Waals surface area contributed by atoms with E-state index in [1.54, 1.807) is 23.0 Å². The van der Waals surface area contributed by atoms with Crippen molar-refractivity contribution in [3.05, 3.63) is 16.8 Å². The Labute approximate surface area is 160 Å². The lowest BCUT2D eigenvalue weighted by Crippen LogP contribution is -3.14. The summed E-state index contributed by atoms with van der Waals surface area (Å²) in [5.41, 5.74) is 2.46. The lowest BCUT2D eigenvalue weighted by Gasteiger charge is -2.23. The number of hydrogen-bond acceptors (Lipinski definition) is 6. The average molecular weight is 391 g/mol. The molecule has 2 aliphatic rings. The van der Waals surface area contributed by atoms with Crippen molar-refractivity contribution in [3.63, 3.8) is 0 Å². The molecule has 5 rings (SSSR count). The Kier molecular flexibility index (Phi) is 4.60. The topological polar surface area (TPSA) is 56.8 Å². The molecule has 0 bridgehead atoms. The van der Waals surface area contributed by atoms with Gasteiger partial charge in [-0.3, -0.25) is 0 Å². The van der Waals surface area contributed by atoms with Gasteiger partial charge < -0.3 is 9.64 Å². The fourth-order valence-corrected chi connectivity index (χ4v) is 6.28. The summed E-state index contributed by atoms with van der Waals surface area (Å²) < 4.78 is 7.40. The molecule has 3 aromatic heterocycles. The van der Waals surface area contributed by atoms with Crippen molar-refractivity contribution in [2.45, 2.75) is 31.3 Å². The van der Waals surface area contributed by atoms with Gasteiger partial charge in [0.1, 0.15) is 24.2 Å². The zero-order valence-electron chi connectivity index (χ0n) is 15.0. The lowest BCUT2D eigenvalue weighted by atomic mass is 9.89. The highest BCUT2D eigenvalue weighted by Crippen LogP contribution is 2.39. The van der Waals surface area contributed by atoms with Gasteiger partial charge in [-0.1, -0.05) is 18.7 Å². The Morgan fingerprint density at radius 2 is 2.27 bits per heavy atom. The van der Waals surface area contributed by atoms with Crippen molar-refractivity contribution in [3.8, 4) is 0 Å². The average Bonchev–Trinajstić information content (AvgIpc) is 3.26. The van der Waals surface area contributed by atoms with Crippen LogP contribution in [0.2, 0.25) is 0 Å². The van der Waals surface area contributed by atoms with Crippen LogP contribution in [0.5, 0.6) is 0 Å². The number of fused-ring (bicyclic) bond motifs is 5. The molecular weight excluding hydrogens is 366 g/mol. The third-order valence-corrected chi connectivity index (χ3v) is 7.64. The maximum atomic E-state index is 5.45. The van der Waals surface area contributed by atoms with Gasteiger partial charge in [-0.15, -0.1) is 11.3 Å². The van der Waals surface area contributed by atoms with Crippen molar-refractivity contribution in [1.82, 2.24) is 19.6 Å². The Morgan fingerprint density at radius 3 is 3.15 bits per heavy atom. The minimum atomic E-state index is 0.744. The van der Waals surface area contributed by atoms with E-state index in [2.05, 4.69) is 17.0 Å². The van der Waals surface area contributed by atoms with Crippen LogP contribution in [0.15, 0.2) is 11.5 Å². The van der Waals surface area contributed by atoms with Crippen LogP contribution in [0.25, 0.3) is 15.9 Å². The molecule has 1 N–H and O–H groups in total. The van der Waals surface area contributed by atoms with Crippen LogP contribution in [0.4, 0.5) is 0 Å². The Bertz CT molecular complexity index is 931. The number of ether oxygens (including phenoxy) is 1. The molecule has 3 aromatic rings. The minimum absolute atomic E-state index is 0.744. The highest BCUT2D eigenvalue weighted by molar-refractivity contribution is 7.99. The summed E-state index contributed by atoms with van der Waals surface area (Å²) in [4.78, 5) is 13.9. The number of quaternary nitrogens is 1. The molecule has 1 saturated heterocycles. The molecule has 6 nitrogen and oxygen atoms in total. The molecule has 4 heterocycles. The fourth-order valence-electron chi connectivity index (χ4n) is 4.03. The summed E-state index contributed by atoms with van der Waals surface area (Å²) in [5, 5.41) is 6.71. The third-order valence-electron chi connectivity index (χ3n) is 5.53. The lowest BCUT2D eigenvalue weighted by molar-refractivity contribution is -0.905. The Hall–Kier alpha value is -1.22. The van der Waals surface area contributed by atoms with Gasteiger partial charge in [-0.25, -0.2) is 9.97 Å². The smallest absolute Gasteiger partial charge is 0.192 e. The molecule has 0 radical (unpaired) electrons. The normalized spacial score (nSPS) is 21.5. The first kappa shape index (κ1) is 16.9. The Balaban J connectivity index is 1.45. The molecule has 8 heteroatoms. The van der Waals surface area contributed by atoms with E-state index in [0.717, 1.165) is 66.6 Å². The summed E-state index contributed by atoms with van der Waals surface area (Å²) >= 11 is 3.67. The van der Waals surface area contributed by atoms with Gasteiger partial charge in [0.05, 0.1) is 30.9 Å². The van der Waals surface area contributed by atoms with Crippen LogP contribution in [0.1, 0.15) is 23.8 Å². The first-order chi connectivity index (χ1) is 12.8. The second kappa shape index (κ2) is 7.07. The van der Waals surface area contributed by atoms with Gasteiger partial charge in [0.15, 0.2) is 10.8 Å². The van der Waals surface area contributed by atoms with Gasteiger partial charge in [0.2, 0.25) is 0 Å². The summed E-state index contributed by atoms with van der Waals surface area (Å²) in [5.74, 6) is 1.79. The van der Waals surface area contributed by atoms with Crippen LogP contribution < -0.4 is 4.90 Å². The summed E-state index contributed by atoms with van der Waals surface area (Å²) in [6.07, 6.45) is 5.28. The van der Waals surface area contributed by atoms with E-state index < -0.39 is 0 Å². The van der Waals surface area contributed by atoms with E-state index in [1.165, 1.54) is 28.7 Å². The number of nitrogens with one attached hydrogen (secondary N) is 1. The highest BCUT2D eigenvalue weighted by Gasteiger charge is 2.24. The standard InChI is InChI=1S/C18H23N5OS2/c1-12-2-3-14-13(10-12)15-16-19-11-20-23(16)18(21-17(15)26-14)25-9-6-22-4-7-24-8-5-22/h11-12H,2-10H2,1H3/p+1/t12-/m1/s1. The molecule has 0 saturated carbocycles. The first-order valence-electron chi connectivity index (χ1n) is 9.47. The number of hydrogen-bond donors (Lipinski definition) is 1. The molecule has 0 spiro atoms. The monoisotopic (exact) mass is 390 g/mol. The summed E-state index contributed by atoms with van der Waals surface area (Å²) in [6.45, 7) is 7.48. The number of rotatable bonds is 4. The van der Waals surface area contributed by atoms with Crippen molar-refractivity contribution in [2.24, 2.45) is 5.92 Å². The van der Waals surface area contributed by atoms with Crippen molar-refractivity contribution < 1.29 is 9.64 Å². The zero-order valence-corrected chi connectivity index (χ0v) is 16.7. The van der Waals surface area contributed by atoms with Crippen molar-refractivity contribution in [1.29, 1.82) is 0 Å². The van der Waals surface area contributed by atoms with E-state index >= 15 is 0 Å².